The minimum absolute atomic E-state index is 0.0670. The van der Waals surface area contributed by atoms with Crippen molar-refractivity contribution in [3.05, 3.63) is 41.1 Å². The first kappa shape index (κ1) is 17.0. The molecule has 22 heavy (non-hydrogen) atoms. The van der Waals surface area contributed by atoms with Crippen molar-refractivity contribution >= 4 is 10.9 Å². The van der Waals surface area contributed by atoms with E-state index in [0.29, 0.717) is 12.0 Å². The van der Waals surface area contributed by atoms with Gasteiger partial charge in [-0.05, 0) is 35.2 Å². The molecule has 1 aromatic heterocycles. The molecule has 2 aromatic rings. The van der Waals surface area contributed by atoms with Crippen LogP contribution in [0.2, 0.25) is 0 Å². The Morgan fingerprint density at radius 3 is 2.27 bits per heavy atom. The molecule has 1 N–H and O–H groups in total. The van der Waals surface area contributed by atoms with Crippen LogP contribution >= 0.6 is 0 Å². The van der Waals surface area contributed by atoms with E-state index in [4.69, 9.17) is 4.98 Å². The molecule has 0 amide bonds. The Labute approximate surface area is 135 Å². The van der Waals surface area contributed by atoms with Gasteiger partial charge in [-0.25, -0.2) is 0 Å². The molecule has 0 bridgehead atoms. The average molecular weight is 298 g/mol. The van der Waals surface area contributed by atoms with Crippen molar-refractivity contribution in [1.29, 1.82) is 0 Å². The number of hydrogen-bond donors (Lipinski definition) is 1. The van der Waals surface area contributed by atoms with Gasteiger partial charge in [-0.1, -0.05) is 54.5 Å². The normalized spacial score (nSPS) is 12.6. The van der Waals surface area contributed by atoms with Gasteiger partial charge in [-0.3, -0.25) is 4.98 Å². The molecule has 0 saturated heterocycles. The second-order valence-corrected chi connectivity index (χ2v) is 7.88. The molecule has 0 atom stereocenters. The highest BCUT2D eigenvalue weighted by Gasteiger charge is 2.18. The topological polar surface area (TPSA) is 24.9 Å². The molecular formula is C20H30N2. The highest BCUT2D eigenvalue weighted by molar-refractivity contribution is 5.83. The van der Waals surface area contributed by atoms with Crippen LogP contribution in [0.1, 0.15) is 71.2 Å². The molecule has 0 aliphatic heterocycles. The van der Waals surface area contributed by atoms with E-state index >= 15 is 0 Å². The zero-order valence-corrected chi connectivity index (χ0v) is 15.1. The largest absolute Gasteiger partial charge is 0.310 e. The third kappa shape index (κ3) is 3.86. The Balaban J connectivity index is 2.60. The van der Waals surface area contributed by atoms with Crippen LogP contribution in [0, 0.1) is 0 Å². The van der Waals surface area contributed by atoms with Gasteiger partial charge >= 0.3 is 0 Å². The molecular weight excluding hydrogens is 268 g/mol. The summed E-state index contributed by atoms with van der Waals surface area (Å²) in [6.45, 7) is 16.4. The number of rotatable bonds is 4. The third-order valence-corrected chi connectivity index (χ3v) is 4.05. The lowest BCUT2D eigenvalue weighted by molar-refractivity contribution is 0.564. The molecule has 2 heteroatoms. The van der Waals surface area contributed by atoms with Gasteiger partial charge in [0.25, 0.3) is 0 Å². The molecule has 0 saturated carbocycles. The fourth-order valence-corrected chi connectivity index (χ4v) is 2.52. The Morgan fingerprint density at radius 1 is 1.05 bits per heavy atom. The van der Waals surface area contributed by atoms with Crippen LogP contribution < -0.4 is 5.32 Å². The van der Waals surface area contributed by atoms with Crippen LogP contribution in [0.25, 0.3) is 10.9 Å². The van der Waals surface area contributed by atoms with Crippen molar-refractivity contribution in [2.24, 2.45) is 0 Å². The maximum absolute atomic E-state index is 4.91. The quantitative estimate of drug-likeness (QED) is 0.844. The Kier molecular flexibility index (Phi) is 4.91. The van der Waals surface area contributed by atoms with Crippen molar-refractivity contribution in [2.45, 2.75) is 72.4 Å². The number of nitrogens with zero attached hydrogens (tertiary/aromatic N) is 1. The summed E-state index contributed by atoms with van der Waals surface area (Å²) in [5.41, 5.74) is 5.07. The van der Waals surface area contributed by atoms with Crippen molar-refractivity contribution in [2.75, 3.05) is 0 Å². The molecule has 1 aromatic carbocycles. The smallest absolute Gasteiger partial charge is 0.0709 e. The molecule has 0 aliphatic rings. The molecule has 0 aliphatic carbocycles. The summed E-state index contributed by atoms with van der Waals surface area (Å²) in [5.74, 6) is 0.539. The van der Waals surface area contributed by atoms with Gasteiger partial charge in [-0.15, -0.1) is 0 Å². The van der Waals surface area contributed by atoms with Crippen LogP contribution in [0.5, 0.6) is 0 Å². The third-order valence-electron chi connectivity index (χ3n) is 4.05. The molecule has 0 fully saturated rings. The second kappa shape index (κ2) is 6.37. The number of pyridine rings is 1. The first-order valence-corrected chi connectivity index (χ1v) is 8.36. The van der Waals surface area contributed by atoms with Crippen molar-refractivity contribution in [3.63, 3.8) is 0 Å². The van der Waals surface area contributed by atoms with Crippen LogP contribution in [0.3, 0.4) is 0 Å². The number of hydrogen-bond acceptors (Lipinski definition) is 2. The lowest BCUT2D eigenvalue weighted by atomic mass is 9.89. The number of fused-ring (bicyclic) bond motifs is 1. The van der Waals surface area contributed by atoms with Gasteiger partial charge in [0.05, 0.1) is 5.52 Å². The maximum Gasteiger partial charge on any atom is 0.0709 e. The van der Waals surface area contributed by atoms with Gasteiger partial charge in [0, 0.05) is 29.1 Å². The van der Waals surface area contributed by atoms with Crippen LogP contribution in [-0.4, -0.2) is 11.0 Å². The van der Waals surface area contributed by atoms with Gasteiger partial charge in [0.1, 0.15) is 0 Å². The fraction of sp³-hybridized carbons (Fsp3) is 0.550. The highest BCUT2D eigenvalue weighted by atomic mass is 14.9. The van der Waals surface area contributed by atoms with Crippen LogP contribution in [0.4, 0.5) is 0 Å². The van der Waals surface area contributed by atoms with Crippen LogP contribution in [0.15, 0.2) is 24.3 Å². The minimum Gasteiger partial charge on any atom is -0.310 e. The van der Waals surface area contributed by atoms with Crippen molar-refractivity contribution in [3.8, 4) is 0 Å². The van der Waals surface area contributed by atoms with E-state index in [0.717, 1.165) is 17.8 Å². The van der Waals surface area contributed by atoms with Crippen molar-refractivity contribution < 1.29 is 0 Å². The Bertz CT molecular complexity index is 649. The van der Waals surface area contributed by atoms with Gasteiger partial charge in [0.2, 0.25) is 0 Å². The predicted molar refractivity (Wildman–Crippen MR) is 96.5 cm³/mol. The van der Waals surface area contributed by atoms with E-state index in [9.17, 15) is 0 Å². The molecule has 0 radical (unpaired) electrons. The van der Waals surface area contributed by atoms with E-state index in [-0.39, 0.29) is 5.41 Å². The van der Waals surface area contributed by atoms with E-state index < -0.39 is 0 Å². The summed E-state index contributed by atoms with van der Waals surface area (Å²) in [7, 11) is 0. The number of aromatic nitrogens is 1. The molecule has 2 rings (SSSR count). The zero-order valence-electron chi connectivity index (χ0n) is 15.1. The summed E-state index contributed by atoms with van der Waals surface area (Å²) >= 11 is 0. The monoisotopic (exact) mass is 298 g/mol. The van der Waals surface area contributed by atoms with Crippen molar-refractivity contribution in [1.82, 2.24) is 10.3 Å². The predicted octanol–water partition coefficient (Wildman–Crippen LogP) is 5.15. The first-order valence-electron chi connectivity index (χ1n) is 8.36. The minimum atomic E-state index is 0.0670. The average Bonchev–Trinajstić information content (AvgIpc) is 2.42. The van der Waals surface area contributed by atoms with Gasteiger partial charge < -0.3 is 5.32 Å². The summed E-state index contributed by atoms with van der Waals surface area (Å²) in [6.07, 6.45) is 0. The van der Waals surface area contributed by atoms with Crippen LogP contribution in [-0.2, 0) is 12.0 Å². The fourth-order valence-electron chi connectivity index (χ4n) is 2.52. The van der Waals surface area contributed by atoms with E-state index in [2.05, 4.69) is 78.0 Å². The van der Waals surface area contributed by atoms with Gasteiger partial charge in [-0.2, -0.15) is 0 Å². The zero-order chi connectivity index (χ0) is 16.5. The molecule has 0 spiro atoms. The second-order valence-electron chi connectivity index (χ2n) is 7.88. The highest BCUT2D eigenvalue weighted by Crippen LogP contribution is 2.28. The maximum atomic E-state index is 4.91. The SMILES string of the molecule is CC(C)NCc1cc(C(C)(C)C)nc2ccc(C(C)C)cc12. The Hall–Kier alpha value is -1.41. The van der Waals surface area contributed by atoms with Gasteiger partial charge in [0.15, 0.2) is 0 Å². The number of nitrogens with one attached hydrogen (secondary N) is 1. The molecule has 2 nitrogen and oxygen atoms in total. The van der Waals surface area contributed by atoms with E-state index in [1.165, 1.54) is 16.5 Å². The summed E-state index contributed by atoms with van der Waals surface area (Å²) in [5, 5.41) is 4.84. The molecule has 0 unspecified atom stereocenters. The summed E-state index contributed by atoms with van der Waals surface area (Å²) in [4.78, 5) is 4.91. The standard InChI is InChI=1S/C20H30N2/c1-13(2)15-8-9-18-17(10-15)16(12-21-14(3)4)11-19(22-18)20(5,6)7/h8-11,13-14,21H,12H2,1-7H3. The first-order chi connectivity index (χ1) is 10.2. The Morgan fingerprint density at radius 2 is 1.73 bits per heavy atom. The molecule has 1 heterocycles. The van der Waals surface area contributed by atoms with E-state index in [1.54, 1.807) is 0 Å². The molecule has 120 valence electrons. The lowest BCUT2D eigenvalue weighted by Crippen LogP contribution is -2.23. The summed E-state index contributed by atoms with van der Waals surface area (Å²) < 4.78 is 0. The lowest BCUT2D eigenvalue weighted by Gasteiger charge is -2.21. The number of benzene rings is 1. The van der Waals surface area contributed by atoms with E-state index in [1.807, 2.05) is 0 Å². The summed E-state index contributed by atoms with van der Waals surface area (Å²) in [6, 6.07) is 9.47.